The zero-order chi connectivity index (χ0) is 21.0. The van der Waals surface area contributed by atoms with Crippen molar-refractivity contribution in [2.75, 3.05) is 4.90 Å². The number of rotatable bonds is 4. The van der Waals surface area contributed by atoms with Gasteiger partial charge in [0.15, 0.2) is 0 Å². The van der Waals surface area contributed by atoms with Crippen LogP contribution in [-0.2, 0) is 25.2 Å². The van der Waals surface area contributed by atoms with Crippen molar-refractivity contribution in [2.24, 2.45) is 7.05 Å². The van der Waals surface area contributed by atoms with Gasteiger partial charge in [0, 0.05) is 18.3 Å². The van der Waals surface area contributed by atoms with Crippen molar-refractivity contribution in [3.63, 3.8) is 0 Å². The summed E-state index contributed by atoms with van der Waals surface area (Å²) >= 11 is 0. The molecule has 0 bridgehead atoms. The van der Waals surface area contributed by atoms with E-state index in [0.717, 1.165) is 28.9 Å². The Bertz CT molecular complexity index is 1110. The third-order valence-electron chi connectivity index (χ3n) is 5.48. The summed E-state index contributed by atoms with van der Waals surface area (Å²) in [6.07, 6.45) is 1.10. The minimum absolute atomic E-state index is 0.235. The van der Waals surface area contributed by atoms with Crippen LogP contribution in [0.5, 0.6) is 0 Å². The molecule has 8 heteroatoms. The molecule has 150 valence electrons. The molecule has 1 aliphatic rings. The van der Waals surface area contributed by atoms with Gasteiger partial charge in [0.25, 0.3) is 5.91 Å². The lowest BCUT2D eigenvalue weighted by Crippen LogP contribution is -2.39. The molecule has 0 saturated heterocycles. The predicted octanol–water partition coefficient (Wildman–Crippen LogP) is 4.26. The Morgan fingerprint density at radius 1 is 1.10 bits per heavy atom. The lowest BCUT2D eigenvalue weighted by Gasteiger charge is -2.30. The van der Waals surface area contributed by atoms with E-state index in [-0.39, 0.29) is 11.5 Å². The molecule has 2 aromatic carbocycles. The van der Waals surface area contributed by atoms with Crippen LogP contribution in [0.25, 0.3) is 0 Å². The average Bonchev–Trinajstić information content (AvgIpc) is 3.27. The van der Waals surface area contributed by atoms with Gasteiger partial charge in [0.1, 0.15) is 6.33 Å². The van der Waals surface area contributed by atoms with Gasteiger partial charge in [-0.2, -0.15) is 8.78 Å². The first-order chi connectivity index (χ1) is 13.6. The standard InChI is InChI=1S/C21H19F3N4O/c1-13-6-4-9-16-17(13)11-28(18(16)29)15-8-5-7-14(10-15)20(2,22)21(23,24)19-26-25-12-27(19)3/h4-10,12H,11H2,1-3H3/t20-/m1/s1. The maximum Gasteiger partial charge on any atom is 0.343 e. The Kier molecular flexibility index (Phi) is 4.25. The highest BCUT2D eigenvalue weighted by atomic mass is 19.3. The summed E-state index contributed by atoms with van der Waals surface area (Å²) in [7, 11) is 1.33. The number of nitrogens with zero attached hydrogens (tertiary/aromatic N) is 4. The topological polar surface area (TPSA) is 51.0 Å². The number of amides is 1. The SMILES string of the molecule is Cc1cccc2c1CN(c1cccc([C@@](C)(F)C(F)(F)c3nncn3C)c1)C2=O. The maximum atomic E-state index is 15.5. The van der Waals surface area contributed by atoms with E-state index in [1.165, 1.54) is 30.1 Å². The van der Waals surface area contributed by atoms with Crippen LogP contribution in [0, 0.1) is 6.92 Å². The molecule has 0 saturated carbocycles. The molecule has 3 aromatic rings. The first-order valence-electron chi connectivity index (χ1n) is 9.06. The summed E-state index contributed by atoms with van der Waals surface area (Å²) in [6.45, 7) is 3.03. The third-order valence-corrected chi connectivity index (χ3v) is 5.48. The number of halogens is 3. The van der Waals surface area contributed by atoms with Crippen LogP contribution < -0.4 is 4.90 Å². The number of aromatic nitrogens is 3. The summed E-state index contributed by atoms with van der Waals surface area (Å²) in [6, 6.07) is 11.1. The van der Waals surface area contributed by atoms with Crippen molar-refractivity contribution in [2.45, 2.75) is 32.0 Å². The van der Waals surface area contributed by atoms with Crippen LogP contribution in [0.3, 0.4) is 0 Å². The van der Waals surface area contributed by atoms with E-state index in [4.69, 9.17) is 0 Å². The molecule has 4 rings (SSSR count). The highest BCUT2D eigenvalue weighted by Crippen LogP contribution is 2.48. The second kappa shape index (κ2) is 6.43. The molecule has 2 heterocycles. The van der Waals surface area contributed by atoms with Crippen molar-refractivity contribution in [1.29, 1.82) is 0 Å². The van der Waals surface area contributed by atoms with Gasteiger partial charge in [0.2, 0.25) is 11.5 Å². The number of benzene rings is 2. The van der Waals surface area contributed by atoms with Crippen LogP contribution in [0.2, 0.25) is 0 Å². The first-order valence-corrected chi connectivity index (χ1v) is 9.06. The molecule has 0 fully saturated rings. The summed E-state index contributed by atoms with van der Waals surface area (Å²) in [4.78, 5) is 14.3. The lowest BCUT2D eigenvalue weighted by molar-refractivity contribution is -0.149. The molecule has 0 radical (unpaired) electrons. The molecule has 0 unspecified atom stereocenters. The fourth-order valence-electron chi connectivity index (χ4n) is 3.62. The van der Waals surface area contributed by atoms with Crippen molar-refractivity contribution in [1.82, 2.24) is 14.8 Å². The van der Waals surface area contributed by atoms with Gasteiger partial charge in [-0.25, -0.2) is 4.39 Å². The molecule has 29 heavy (non-hydrogen) atoms. The smallest absolute Gasteiger partial charge is 0.316 e. The van der Waals surface area contributed by atoms with Crippen molar-refractivity contribution in [3.8, 4) is 0 Å². The van der Waals surface area contributed by atoms with Gasteiger partial charge in [0.05, 0.1) is 6.54 Å². The Morgan fingerprint density at radius 3 is 2.48 bits per heavy atom. The highest BCUT2D eigenvalue weighted by Gasteiger charge is 2.57. The number of hydrogen-bond acceptors (Lipinski definition) is 3. The molecule has 1 atom stereocenters. The third kappa shape index (κ3) is 2.82. The number of aryl methyl sites for hydroxylation is 2. The van der Waals surface area contributed by atoms with E-state index in [9.17, 15) is 13.6 Å². The molecular weight excluding hydrogens is 381 g/mol. The predicted molar refractivity (Wildman–Crippen MR) is 101 cm³/mol. The minimum Gasteiger partial charge on any atom is -0.316 e. The first kappa shape index (κ1) is 19.2. The molecule has 0 aliphatic carbocycles. The number of anilines is 1. The van der Waals surface area contributed by atoms with E-state index in [0.29, 0.717) is 17.8 Å². The van der Waals surface area contributed by atoms with Gasteiger partial charge < -0.3 is 9.47 Å². The van der Waals surface area contributed by atoms with E-state index >= 15 is 4.39 Å². The van der Waals surface area contributed by atoms with Crippen molar-refractivity contribution < 1.29 is 18.0 Å². The number of hydrogen-bond donors (Lipinski definition) is 0. The number of fused-ring (bicyclic) bond motifs is 1. The molecule has 0 spiro atoms. The molecule has 1 aliphatic heterocycles. The Labute approximate surface area is 165 Å². The second-order valence-electron chi connectivity index (χ2n) is 7.39. The van der Waals surface area contributed by atoms with Gasteiger partial charge >= 0.3 is 5.92 Å². The molecule has 0 N–H and O–H groups in total. The van der Waals surface area contributed by atoms with E-state index in [2.05, 4.69) is 10.2 Å². The fraction of sp³-hybridized carbons (Fsp3) is 0.286. The van der Waals surface area contributed by atoms with Crippen LogP contribution in [0.15, 0.2) is 48.8 Å². The number of alkyl halides is 3. The summed E-state index contributed by atoms with van der Waals surface area (Å²) in [5, 5.41) is 6.82. The highest BCUT2D eigenvalue weighted by molar-refractivity contribution is 6.10. The summed E-state index contributed by atoms with van der Waals surface area (Å²) < 4.78 is 46.5. The summed E-state index contributed by atoms with van der Waals surface area (Å²) in [5.41, 5.74) is -0.518. The van der Waals surface area contributed by atoms with E-state index in [1.54, 1.807) is 18.2 Å². The minimum atomic E-state index is -3.93. The zero-order valence-electron chi connectivity index (χ0n) is 16.2. The normalized spacial score (nSPS) is 16.1. The molecule has 5 nitrogen and oxygen atoms in total. The largest absolute Gasteiger partial charge is 0.343 e. The molecule has 1 amide bonds. The van der Waals surface area contributed by atoms with Crippen LogP contribution in [-0.4, -0.2) is 20.7 Å². The van der Waals surface area contributed by atoms with Gasteiger partial charge in [-0.15, -0.1) is 10.2 Å². The molecule has 1 aromatic heterocycles. The molecular formula is C21H19F3N4O. The van der Waals surface area contributed by atoms with Crippen LogP contribution in [0.1, 0.15) is 39.8 Å². The van der Waals surface area contributed by atoms with Gasteiger partial charge in [-0.05, 0) is 48.7 Å². The zero-order valence-corrected chi connectivity index (χ0v) is 16.2. The van der Waals surface area contributed by atoms with Gasteiger partial charge in [-0.3, -0.25) is 4.79 Å². The number of carbonyl (C=O) groups excluding carboxylic acids is 1. The van der Waals surface area contributed by atoms with Crippen molar-refractivity contribution in [3.05, 3.63) is 76.9 Å². The fourth-order valence-corrected chi connectivity index (χ4v) is 3.62. The quantitative estimate of drug-likeness (QED) is 0.658. The Balaban J connectivity index is 1.72. The van der Waals surface area contributed by atoms with Crippen molar-refractivity contribution >= 4 is 11.6 Å². The Morgan fingerprint density at radius 2 is 1.83 bits per heavy atom. The summed E-state index contributed by atoms with van der Waals surface area (Å²) in [5.74, 6) is -4.93. The lowest BCUT2D eigenvalue weighted by atomic mass is 9.90. The maximum absolute atomic E-state index is 15.5. The van der Waals surface area contributed by atoms with Gasteiger partial charge in [-0.1, -0.05) is 24.3 Å². The number of carbonyl (C=O) groups is 1. The van der Waals surface area contributed by atoms with Crippen LogP contribution in [0.4, 0.5) is 18.9 Å². The monoisotopic (exact) mass is 400 g/mol. The Hall–Kier alpha value is -3.16. The average molecular weight is 400 g/mol. The van der Waals surface area contributed by atoms with Crippen LogP contribution >= 0.6 is 0 Å². The van der Waals surface area contributed by atoms with E-state index in [1.807, 2.05) is 13.0 Å². The van der Waals surface area contributed by atoms with E-state index < -0.39 is 17.4 Å². The second-order valence-corrected chi connectivity index (χ2v) is 7.39.